The van der Waals surface area contributed by atoms with Gasteiger partial charge in [0.2, 0.25) is 0 Å². The largest absolute Gasteiger partial charge is 0.388 e. The fraction of sp³-hybridized carbons (Fsp3) is 0.100. The topological polar surface area (TPSA) is 103 Å². The minimum Gasteiger partial charge on any atom is -0.388 e. The van der Waals surface area contributed by atoms with Crippen LogP contribution in [0, 0.1) is 0 Å². The van der Waals surface area contributed by atoms with Crippen LogP contribution < -0.4 is 10.5 Å². The lowest BCUT2D eigenvalue weighted by molar-refractivity contribution is 0.600. The Bertz CT molecular complexity index is 706. The predicted molar refractivity (Wildman–Crippen MR) is 74.1 cm³/mol. The highest BCUT2D eigenvalue weighted by Gasteiger charge is 2.16. The second-order valence-electron chi connectivity index (χ2n) is 3.72. The van der Waals surface area contributed by atoms with Gasteiger partial charge in [-0.05, 0) is 12.1 Å². The van der Waals surface area contributed by atoms with Gasteiger partial charge in [0.15, 0.2) is 5.82 Å². The number of hydrogen-bond acceptors (Lipinski definition) is 5. The molecule has 0 saturated carbocycles. The summed E-state index contributed by atoms with van der Waals surface area (Å²) in [6, 6.07) is 4.39. The van der Waals surface area contributed by atoms with E-state index in [0.717, 1.165) is 0 Å². The fourth-order valence-electron chi connectivity index (χ4n) is 1.35. The molecule has 0 radical (unpaired) electrons. The molecular formula is C10H11N5O2S2. The molecule has 2 rings (SSSR count). The molecule has 2 aromatic rings. The van der Waals surface area contributed by atoms with Gasteiger partial charge in [0.25, 0.3) is 10.0 Å². The van der Waals surface area contributed by atoms with Crippen molar-refractivity contribution in [3.05, 3.63) is 36.3 Å². The zero-order chi connectivity index (χ0) is 14.0. The molecular weight excluding hydrogens is 286 g/mol. The molecule has 0 fully saturated rings. The van der Waals surface area contributed by atoms with E-state index < -0.39 is 10.0 Å². The van der Waals surface area contributed by atoms with Crippen LogP contribution in [0.25, 0.3) is 0 Å². The number of nitrogens with two attached hydrogens (primary N) is 1. The highest BCUT2D eigenvalue weighted by atomic mass is 32.2. The van der Waals surface area contributed by atoms with Crippen LogP contribution in [0.3, 0.4) is 0 Å². The number of thiocarbonyl (C=S) groups is 1. The summed E-state index contributed by atoms with van der Waals surface area (Å²) in [5, 5.41) is 3.93. The number of rotatable bonds is 4. The number of aryl methyl sites for hydroxylation is 1. The number of sulfonamides is 1. The van der Waals surface area contributed by atoms with Crippen molar-refractivity contribution in [3.63, 3.8) is 0 Å². The maximum atomic E-state index is 12.0. The number of pyridine rings is 1. The molecule has 0 spiro atoms. The van der Waals surface area contributed by atoms with Gasteiger partial charge in [0, 0.05) is 25.5 Å². The molecule has 3 N–H and O–H groups in total. The van der Waals surface area contributed by atoms with Crippen LogP contribution in [-0.4, -0.2) is 28.2 Å². The third-order valence-corrected chi connectivity index (χ3v) is 3.80. The second kappa shape index (κ2) is 4.94. The monoisotopic (exact) mass is 297 g/mol. The first kappa shape index (κ1) is 13.4. The first-order valence-electron chi connectivity index (χ1n) is 5.17. The first-order valence-corrected chi connectivity index (χ1v) is 7.06. The Morgan fingerprint density at radius 2 is 2.16 bits per heavy atom. The lowest BCUT2D eigenvalue weighted by Crippen LogP contribution is -2.16. The van der Waals surface area contributed by atoms with Crippen molar-refractivity contribution in [2.75, 3.05) is 4.72 Å². The minimum absolute atomic E-state index is 0.0122. The van der Waals surface area contributed by atoms with Crippen molar-refractivity contribution in [1.29, 1.82) is 0 Å². The Hall–Kier alpha value is -2.00. The van der Waals surface area contributed by atoms with E-state index in [4.69, 9.17) is 18.0 Å². The van der Waals surface area contributed by atoms with Crippen molar-refractivity contribution in [3.8, 4) is 0 Å². The van der Waals surface area contributed by atoms with Gasteiger partial charge in [-0.15, -0.1) is 0 Å². The molecule has 19 heavy (non-hydrogen) atoms. The molecule has 0 aromatic carbocycles. The average molecular weight is 297 g/mol. The van der Waals surface area contributed by atoms with Gasteiger partial charge < -0.3 is 5.73 Å². The van der Waals surface area contributed by atoms with E-state index >= 15 is 0 Å². The number of anilines is 1. The third kappa shape index (κ3) is 3.06. The Labute approximate surface area is 115 Å². The molecule has 2 heterocycles. The maximum Gasteiger partial charge on any atom is 0.264 e. The van der Waals surface area contributed by atoms with Gasteiger partial charge in [-0.3, -0.25) is 14.4 Å². The summed E-state index contributed by atoms with van der Waals surface area (Å²) in [7, 11) is -2.02. The SMILES string of the molecule is Cn1ccc(NS(=O)(=O)c2ccc(C(N)=S)nc2)n1. The molecule has 0 atom stereocenters. The molecule has 7 nitrogen and oxygen atoms in total. The van der Waals surface area contributed by atoms with E-state index in [0.29, 0.717) is 5.69 Å². The van der Waals surface area contributed by atoms with Crippen molar-refractivity contribution in [2.24, 2.45) is 12.8 Å². The van der Waals surface area contributed by atoms with Crippen LogP contribution in [0.2, 0.25) is 0 Å². The Balaban J connectivity index is 2.26. The van der Waals surface area contributed by atoms with Crippen LogP contribution >= 0.6 is 12.2 Å². The highest BCUT2D eigenvalue weighted by molar-refractivity contribution is 7.92. The van der Waals surface area contributed by atoms with Gasteiger partial charge >= 0.3 is 0 Å². The summed E-state index contributed by atoms with van der Waals surface area (Å²) < 4.78 is 27.9. The van der Waals surface area contributed by atoms with Gasteiger partial charge in [-0.1, -0.05) is 12.2 Å². The molecule has 100 valence electrons. The molecule has 0 unspecified atom stereocenters. The van der Waals surface area contributed by atoms with Gasteiger partial charge in [0.05, 0.1) is 5.69 Å². The third-order valence-electron chi connectivity index (χ3n) is 2.25. The van der Waals surface area contributed by atoms with E-state index in [2.05, 4.69) is 14.8 Å². The summed E-state index contributed by atoms with van der Waals surface area (Å²) in [6.45, 7) is 0. The number of aromatic nitrogens is 3. The minimum atomic E-state index is -3.71. The molecule has 0 amide bonds. The standard InChI is InChI=1S/C10H11N5O2S2/c1-15-5-4-9(13-15)14-19(16,17)7-2-3-8(10(11)18)12-6-7/h2-6H,1H3,(H2,11,18)(H,13,14). The smallest absolute Gasteiger partial charge is 0.264 e. The Kier molecular flexibility index (Phi) is 3.49. The summed E-state index contributed by atoms with van der Waals surface area (Å²) in [5.41, 5.74) is 5.76. The zero-order valence-corrected chi connectivity index (χ0v) is 11.6. The molecule has 0 aliphatic carbocycles. The predicted octanol–water partition coefficient (Wildman–Crippen LogP) is 0.250. The van der Waals surface area contributed by atoms with E-state index in [1.165, 1.54) is 23.0 Å². The summed E-state index contributed by atoms with van der Waals surface area (Å²) in [5.74, 6) is 0.237. The first-order chi connectivity index (χ1) is 8.88. The van der Waals surface area contributed by atoms with E-state index in [1.807, 2.05) is 0 Å². The number of nitrogens with one attached hydrogen (secondary N) is 1. The van der Waals surface area contributed by atoms with Crippen LogP contribution in [0.1, 0.15) is 5.69 Å². The molecule has 0 aliphatic heterocycles. The Morgan fingerprint density at radius 1 is 1.42 bits per heavy atom. The van der Waals surface area contributed by atoms with Crippen molar-refractivity contribution < 1.29 is 8.42 Å². The van der Waals surface area contributed by atoms with E-state index in [9.17, 15) is 8.42 Å². The van der Waals surface area contributed by atoms with Crippen LogP contribution in [0.4, 0.5) is 5.82 Å². The van der Waals surface area contributed by atoms with Crippen molar-refractivity contribution in [2.45, 2.75) is 4.90 Å². The van der Waals surface area contributed by atoms with Gasteiger partial charge in [-0.2, -0.15) is 5.10 Å². The molecule has 0 saturated heterocycles. The van der Waals surface area contributed by atoms with E-state index in [1.54, 1.807) is 19.3 Å². The van der Waals surface area contributed by atoms with Crippen LogP contribution in [0.5, 0.6) is 0 Å². The second-order valence-corrected chi connectivity index (χ2v) is 5.85. The Morgan fingerprint density at radius 3 is 2.63 bits per heavy atom. The van der Waals surface area contributed by atoms with Gasteiger partial charge in [-0.25, -0.2) is 8.42 Å². The van der Waals surface area contributed by atoms with Crippen LogP contribution in [-0.2, 0) is 17.1 Å². The molecule has 2 aromatic heterocycles. The normalized spacial score (nSPS) is 11.2. The molecule has 9 heteroatoms. The summed E-state index contributed by atoms with van der Waals surface area (Å²) in [4.78, 5) is 4.01. The zero-order valence-electron chi connectivity index (χ0n) is 9.94. The van der Waals surface area contributed by atoms with Crippen molar-refractivity contribution in [1.82, 2.24) is 14.8 Å². The average Bonchev–Trinajstić information content (AvgIpc) is 2.74. The van der Waals surface area contributed by atoms with E-state index in [-0.39, 0.29) is 15.7 Å². The lowest BCUT2D eigenvalue weighted by atomic mass is 10.3. The summed E-state index contributed by atoms with van der Waals surface area (Å²) in [6.07, 6.45) is 2.83. The molecule has 0 bridgehead atoms. The lowest BCUT2D eigenvalue weighted by Gasteiger charge is -2.05. The number of nitrogens with zero attached hydrogens (tertiary/aromatic N) is 3. The quantitative estimate of drug-likeness (QED) is 0.784. The highest BCUT2D eigenvalue weighted by Crippen LogP contribution is 2.13. The maximum absolute atomic E-state index is 12.0. The number of hydrogen-bond donors (Lipinski definition) is 2. The van der Waals surface area contributed by atoms with Crippen LogP contribution in [0.15, 0.2) is 35.5 Å². The fourth-order valence-corrected chi connectivity index (χ4v) is 2.41. The molecule has 0 aliphatic rings. The van der Waals surface area contributed by atoms with Gasteiger partial charge in [0.1, 0.15) is 9.88 Å². The van der Waals surface area contributed by atoms with Crippen molar-refractivity contribution >= 4 is 33.0 Å². The summed E-state index contributed by atoms with van der Waals surface area (Å²) >= 11 is 4.74.